The second-order valence-electron chi connectivity index (χ2n) is 12.5. The summed E-state index contributed by atoms with van der Waals surface area (Å²) in [7, 11) is 4.77. The Bertz CT molecular complexity index is 2700. The standard InChI is InChI=1S/C25H20F2N2O4S.C18H13BrF2N2O3S/c1-31-16-8-6-14(7-9-16)23-24(15-4-3-5-17(12-15)32-2)34-20(29-23)13-33-19-11-10-18(26)21(22(19)27)25(28)30;1-25-10-4-2-9(3-5-10)16-17(19)27-13(23-16)8-26-12-7-6-11(20)14(15(12)21)18(22)24/h3-12H,13H2,1-2H3,(H2,28,30);2-7H,8H2,1H3,(H2,22,24). The monoisotopic (exact) mass is 936 g/mol. The molecule has 2 amide bonds. The van der Waals surface area contributed by atoms with Gasteiger partial charge in [0.15, 0.2) is 23.1 Å². The molecule has 5 aromatic carbocycles. The zero-order valence-corrected chi connectivity index (χ0v) is 35.5. The zero-order valence-electron chi connectivity index (χ0n) is 32.3. The molecule has 2 heterocycles. The van der Waals surface area contributed by atoms with Crippen LogP contribution in [0.25, 0.3) is 33.0 Å². The summed E-state index contributed by atoms with van der Waals surface area (Å²) >= 11 is 6.14. The molecule has 0 aliphatic carbocycles. The number of hydrogen-bond acceptors (Lipinski definition) is 11. The fraction of sp³-hybridized carbons (Fsp3) is 0.116. The summed E-state index contributed by atoms with van der Waals surface area (Å²) in [4.78, 5) is 32.6. The van der Waals surface area contributed by atoms with E-state index in [4.69, 9.17) is 40.1 Å². The van der Waals surface area contributed by atoms with Crippen molar-refractivity contribution in [1.29, 1.82) is 0 Å². The highest BCUT2D eigenvalue weighted by molar-refractivity contribution is 9.11. The van der Waals surface area contributed by atoms with Crippen LogP contribution in [0.5, 0.6) is 28.7 Å². The van der Waals surface area contributed by atoms with Crippen LogP contribution in [-0.2, 0) is 13.2 Å². The summed E-state index contributed by atoms with van der Waals surface area (Å²) in [6.07, 6.45) is 0. The second kappa shape index (κ2) is 19.7. The molecule has 7 rings (SSSR count). The zero-order chi connectivity index (χ0) is 43.8. The Balaban J connectivity index is 0.000000210. The number of amides is 2. The normalized spacial score (nSPS) is 10.7. The lowest BCUT2D eigenvalue weighted by Gasteiger charge is -2.08. The van der Waals surface area contributed by atoms with Gasteiger partial charge in [0.2, 0.25) is 0 Å². The third-order valence-electron chi connectivity index (χ3n) is 8.67. The highest BCUT2D eigenvalue weighted by atomic mass is 79.9. The van der Waals surface area contributed by atoms with Crippen molar-refractivity contribution < 1.29 is 50.8 Å². The molecular formula is C43H33BrF4N4O7S2. The number of methoxy groups -OCH3 is 3. The van der Waals surface area contributed by atoms with E-state index in [-0.39, 0.29) is 24.7 Å². The van der Waals surface area contributed by atoms with Gasteiger partial charge in [-0.25, -0.2) is 27.5 Å². The number of thiazole rings is 2. The van der Waals surface area contributed by atoms with E-state index >= 15 is 0 Å². The van der Waals surface area contributed by atoms with Gasteiger partial charge in [-0.15, -0.1) is 22.7 Å². The topological polar surface area (TPSA) is 158 Å². The quantitative estimate of drug-likeness (QED) is 0.101. The number of carbonyl (C=O) groups is 2. The van der Waals surface area contributed by atoms with E-state index in [2.05, 4.69) is 20.9 Å². The van der Waals surface area contributed by atoms with Crippen LogP contribution < -0.4 is 35.2 Å². The first-order chi connectivity index (χ1) is 29.3. The minimum atomic E-state index is -1.21. The van der Waals surface area contributed by atoms with E-state index in [0.717, 1.165) is 55.4 Å². The maximum absolute atomic E-state index is 14.5. The molecule has 0 saturated heterocycles. The number of halogens is 5. The summed E-state index contributed by atoms with van der Waals surface area (Å²) in [5.41, 5.74) is 12.4. The van der Waals surface area contributed by atoms with Gasteiger partial charge in [0.25, 0.3) is 11.8 Å². The number of carbonyl (C=O) groups excluding carboxylic acids is 2. The van der Waals surface area contributed by atoms with Crippen molar-refractivity contribution >= 4 is 50.4 Å². The van der Waals surface area contributed by atoms with Crippen molar-refractivity contribution in [3.05, 3.63) is 145 Å². The number of benzene rings is 5. The first-order valence-corrected chi connectivity index (χ1v) is 20.1. The number of nitrogens with zero attached hydrogens (tertiary/aromatic N) is 2. The van der Waals surface area contributed by atoms with Crippen molar-refractivity contribution in [3.63, 3.8) is 0 Å². The Labute approximate surface area is 362 Å². The van der Waals surface area contributed by atoms with Gasteiger partial charge in [-0.05, 0) is 106 Å². The van der Waals surface area contributed by atoms with Crippen molar-refractivity contribution in [2.24, 2.45) is 11.5 Å². The smallest absolute Gasteiger partial charge is 0.254 e. The van der Waals surface area contributed by atoms with Crippen LogP contribution in [0.4, 0.5) is 17.6 Å². The summed E-state index contributed by atoms with van der Waals surface area (Å²) in [5, 5.41) is 1.12. The third-order valence-corrected chi connectivity index (χ3v) is 11.4. The molecule has 314 valence electrons. The van der Waals surface area contributed by atoms with E-state index in [1.54, 1.807) is 21.3 Å². The van der Waals surface area contributed by atoms with Gasteiger partial charge in [-0.3, -0.25) is 9.59 Å². The summed E-state index contributed by atoms with van der Waals surface area (Å²) in [6, 6.07) is 26.4. The summed E-state index contributed by atoms with van der Waals surface area (Å²) in [6.45, 7) is -0.154. The molecule has 0 saturated carbocycles. The third kappa shape index (κ3) is 10.3. The van der Waals surface area contributed by atoms with Crippen LogP contribution in [0.3, 0.4) is 0 Å². The van der Waals surface area contributed by atoms with Crippen LogP contribution in [0, 0.1) is 23.3 Å². The number of rotatable bonds is 14. The molecule has 0 bridgehead atoms. The molecule has 0 aliphatic heterocycles. The second-order valence-corrected chi connectivity index (χ2v) is 16.0. The van der Waals surface area contributed by atoms with Crippen LogP contribution in [-0.4, -0.2) is 43.1 Å². The molecule has 0 radical (unpaired) electrons. The molecule has 7 aromatic rings. The SMILES string of the molecule is COc1ccc(-c2nc(COc3ccc(F)c(C(N)=O)c3F)sc2-c2cccc(OC)c2)cc1.COc1ccc(-c2nc(COc3ccc(F)c(C(N)=O)c3F)sc2Br)cc1. The highest BCUT2D eigenvalue weighted by Gasteiger charge is 2.22. The van der Waals surface area contributed by atoms with E-state index in [1.165, 1.54) is 22.7 Å². The van der Waals surface area contributed by atoms with Crippen molar-refractivity contribution in [2.45, 2.75) is 13.2 Å². The Morgan fingerprint density at radius 3 is 1.52 bits per heavy atom. The van der Waals surface area contributed by atoms with Crippen molar-refractivity contribution in [1.82, 2.24) is 9.97 Å². The molecule has 11 nitrogen and oxygen atoms in total. The van der Waals surface area contributed by atoms with Crippen LogP contribution in [0.1, 0.15) is 30.7 Å². The number of hydrogen-bond donors (Lipinski definition) is 2. The molecule has 18 heteroatoms. The van der Waals surface area contributed by atoms with Crippen LogP contribution in [0.15, 0.2) is 101 Å². The van der Waals surface area contributed by atoms with Crippen LogP contribution in [0.2, 0.25) is 0 Å². The van der Waals surface area contributed by atoms with Gasteiger partial charge in [-0.2, -0.15) is 0 Å². The average molecular weight is 938 g/mol. The number of primary amides is 2. The van der Waals surface area contributed by atoms with E-state index in [9.17, 15) is 27.2 Å². The predicted molar refractivity (Wildman–Crippen MR) is 226 cm³/mol. The minimum Gasteiger partial charge on any atom is -0.497 e. The Hall–Kier alpha value is -6.50. The fourth-order valence-corrected chi connectivity index (χ4v) is 8.28. The van der Waals surface area contributed by atoms with Crippen LogP contribution >= 0.6 is 38.6 Å². The van der Waals surface area contributed by atoms with Crippen molar-refractivity contribution in [3.8, 4) is 61.7 Å². The Kier molecular flexibility index (Phi) is 14.2. The van der Waals surface area contributed by atoms with Gasteiger partial charge in [0.05, 0.1) is 41.4 Å². The molecule has 4 N–H and O–H groups in total. The average Bonchev–Trinajstić information content (AvgIpc) is 3.86. The molecule has 2 aromatic heterocycles. The van der Waals surface area contributed by atoms with Gasteiger partial charge in [0, 0.05) is 11.1 Å². The largest absolute Gasteiger partial charge is 0.497 e. The van der Waals surface area contributed by atoms with E-state index in [1.807, 2.05) is 72.8 Å². The molecule has 61 heavy (non-hydrogen) atoms. The van der Waals surface area contributed by atoms with Gasteiger partial charge < -0.3 is 35.2 Å². The predicted octanol–water partition coefficient (Wildman–Crippen LogP) is 9.99. The van der Waals surface area contributed by atoms with Gasteiger partial charge >= 0.3 is 0 Å². The maximum atomic E-state index is 14.5. The first kappa shape index (κ1) is 44.1. The molecule has 0 unspecified atom stereocenters. The summed E-state index contributed by atoms with van der Waals surface area (Å²) < 4.78 is 83.4. The van der Waals surface area contributed by atoms with E-state index in [0.29, 0.717) is 32.9 Å². The molecular weight excluding hydrogens is 905 g/mol. The van der Waals surface area contributed by atoms with Gasteiger partial charge in [0.1, 0.15) is 63.2 Å². The van der Waals surface area contributed by atoms with Crippen molar-refractivity contribution in [2.75, 3.05) is 21.3 Å². The lowest BCUT2D eigenvalue weighted by molar-refractivity contribution is 0.0982. The van der Waals surface area contributed by atoms with Gasteiger partial charge in [-0.1, -0.05) is 12.1 Å². The molecule has 0 spiro atoms. The fourth-order valence-electron chi connectivity index (χ4n) is 5.68. The minimum absolute atomic E-state index is 0.0554. The molecule has 0 aliphatic rings. The highest BCUT2D eigenvalue weighted by Crippen LogP contribution is 2.39. The number of nitrogens with two attached hydrogens (primary N) is 2. The molecule has 0 fully saturated rings. The maximum Gasteiger partial charge on any atom is 0.254 e. The lowest BCUT2D eigenvalue weighted by atomic mass is 10.1. The van der Waals surface area contributed by atoms with E-state index < -0.39 is 46.2 Å². The Morgan fingerprint density at radius 1 is 0.590 bits per heavy atom. The number of aromatic nitrogens is 2. The lowest BCUT2D eigenvalue weighted by Crippen LogP contribution is -2.16. The molecule has 0 atom stereocenters. The Morgan fingerprint density at radius 2 is 1.05 bits per heavy atom. The summed E-state index contributed by atoms with van der Waals surface area (Å²) in [5.74, 6) is -5.21. The number of ether oxygens (including phenoxy) is 5. The first-order valence-electron chi connectivity index (χ1n) is 17.7.